The smallest absolute Gasteiger partial charge is 0.381 e. The van der Waals surface area contributed by atoms with Crippen LogP contribution in [0.3, 0.4) is 0 Å². The van der Waals surface area contributed by atoms with E-state index >= 15 is 0 Å². The quantitative estimate of drug-likeness (QED) is 0.690. The fourth-order valence-corrected chi connectivity index (χ4v) is 3.37. The first kappa shape index (κ1) is 19.5. The third-order valence-electron chi connectivity index (χ3n) is 4.51. The lowest BCUT2D eigenvalue weighted by atomic mass is 9.95. The highest BCUT2D eigenvalue weighted by atomic mass is 35.5. The molecule has 1 heterocycles. The molecule has 0 atom stereocenters. The summed E-state index contributed by atoms with van der Waals surface area (Å²) in [7, 11) is 0. The minimum absolute atomic E-state index is 0.0161. The second-order valence-corrected chi connectivity index (χ2v) is 7.00. The predicted octanol–water partition coefficient (Wildman–Crippen LogP) is 5.75. The molecule has 1 fully saturated rings. The number of nitrogens with one attached hydrogen (secondary N) is 2. The Bertz CT molecular complexity index is 820. The van der Waals surface area contributed by atoms with Gasteiger partial charge in [0, 0.05) is 24.1 Å². The summed E-state index contributed by atoms with van der Waals surface area (Å²) >= 11 is 5.60. The Kier molecular flexibility index (Phi) is 5.89. The SMILES string of the molecule is O=C(Nc1ccc(Cl)c(C(F)(F)F)c1)c1cncc(NC2CCCCC2)c1. The van der Waals surface area contributed by atoms with Crippen LogP contribution in [0.5, 0.6) is 0 Å². The lowest BCUT2D eigenvalue weighted by Gasteiger charge is -2.23. The van der Waals surface area contributed by atoms with Crippen LogP contribution in [0.15, 0.2) is 36.7 Å². The van der Waals surface area contributed by atoms with E-state index < -0.39 is 22.7 Å². The first-order chi connectivity index (χ1) is 12.8. The molecule has 0 saturated heterocycles. The van der Waals surface area contributed by atoms with E-state index in [0.717, 1.165) is 30.7 Å². The standard InChI is InChI=1S/C19H19ClF3N3O/c20-17-7-6-14(9-16(17)19(21,22)23)26-18(27)12-8-15(11-24-10-12)25-13-4-2-1-3-5-13/h6-11,13,25H,1-5H2,(H,26,27). The molecule has 2 aromatic rings. The Morgan fingerprint density at radius 1 is 1.07 bits per heavy atom. The Labute approximate surface area is 160 Å². The minimum Gasteiger partial charge on any atom is -0.381 e. The van der Waals surface area contributed by atoms with Gasteiger partial charge in [-0.25, -0.2) is 0 Å². The second-order valence-electron chi connectivity index (χ2n) is 6.59. The van der Waals surface area contributed by atoms with Crippen LogP contribution in [0.4, 0.5) is 24.5 Å². The van der Waals surface area contributed by atoms with Gasteiger partial charge in [0.05, 0.1) is 21.8 Å². The molecule has 1 aromatic carbocycles. The van der Waals surface area contributed by atoms with Crippen molar-refractivity contribution >= 4 is 28.9 Å². The number of pyridine rings is 1. The van der Waals surface area contributed by atoms with Crippen molar-refractivity contribution in [3.63, 3.8) is 0 Å². The molecule has 4 nitrogen and oxygen atoms in total. The lowest BCUT2D eigenvalue weighted by molar-refractivity contribution is -0.137. The number of carbonyl (C=O) groups is 1. The molecule has 0 radical (unpaired) electrons. The van der Waals surface area contributed by atoms with Crippen LogP contribution in [0.2, 0.25) is 5.02 Å². The Morgan fingerprint density at radius 3 is 2.52 bits per heavy atom. The molecule has 2 N–H and O–H groups in total. The number of halogens is 4. The zero-order chi connectivity index (χ0) is 19.4. The fourth-order valence-electron chi connectivity index (χ4n) is 3.15. The zero-order valence-corrected chi connectivity index (χ0v) is 15.2. The molecule has 1 saturated carbocycles. The molecule has 1 amide bonds. The van der Waals surface area contributed by atoms with Crippen molar-refractivity contribution in [3.05, 3.63) is 52.8 Å². The molecule has 1 aliphatic rings. The van der Waals surface area contributed by atoms with Gasteiger partial charge in [0.15, 0.2) is 0 Å². The van der Waals surface area contributed by atoms with Gasteiger partial charge < -0.3 is 10.6 Å². The minimum atomic E-state index is -4.59. The lowest BCUT2D eigenvalue weighted by Crippen LogP contribution is -2.22. The van der Waals surface area contributed by atoms with E-state index in [4.69, 9.17) is 11.6 Å². The van der Waals surface area contributed by atoms with Crippen molar-refractivity contribution < 1.29 is 18.0 Å². The number of hydrogen-bond donors (Lipinski definition) is 2. The average molecular weight is 398 g/mol. The molecule has 0 unspecified atom stereocenters. The van der Waals surface area contributed by atoms with Crippen LogP contribution < -0.4 is 10.6 Å². The van der Waals surface area contributed by atoms with Gasteiger partial charge in [-0.15, -0.1) is 0 Å². The van der Waals surface area contributed by atoms with Gasteiger partial charge in [0.2, 0.25) is 0 Å². The fraction of sp³-hybridized carbons (Fsp3) is 0.368. The first-order valence-electron chi connectivity index (χ1n) is 8.72. The maximum atomic E-state index is 12.9. The van der Waals surface area contributed by atoms with Crippen LogP contribution in [-0.2, 0) is 6.18 Å². The number of rotatable bonds is 4. The van der Waals surface area contributed by atoms with E-state index in [2.05, 4.69) is 15.6 Å². The van der Waals surface area contributed by atoms with Crippen molar-refractivity contribution in [1.82, 2.24) is 4.98 Å². The summed E-state index contributed by atoms with van der Waals surface area (Å²) in [6, 6.07) is 5.26. The van der Waals surface area contributed by atoms with Crippen molar-refractivity contribution in [3.8, 4) is 0 Å². The summed E-state index contributed by atoms with van der Waals surface area (Å²) in [5.41, 5.74) is 0.0103. The Hall–Kier alpha value is -2.28. The van der Waals surface area contributed by atoms with Crippen LogP contribution >= 0.6 is 11.6 Å². The topological polar surface area (TPSA) is 54.0 Å². The van der Waals surface area contributed by atoms with Crippen LogP contribution in [0, 0.1) is 0 Å². The van der Waals surface area contributed by atoms with Gasteiger partial charge in [-0.1, -0.05) is 30.9 Å². The van der Waals surface area contributed by atoms with Crippen LogP contribution in [0.25, 0.3) is 0 Å². The van der Waals surface area contributed by atoms with E-state index in [1.54, 1.807) is 12.3 Å². The molecule has 0 bridgehead atoms. The first-order valence-corrected chi connectivity index (χ1v) is 9.10. The molecule has 8 heteroatoms. The summed E-state index contributed by atoms with van der Waals surface area (Å²) in [6.45, 7) is 0. The zero-order valence-electron chi connectivity index (χ0n) is 14.4. The number of hydrogen-bond acceptors (Lipinski definition) is 3. The summed E-state index contributed by atoms with van der Waals surface area (Å²) < 4.78 is 38.8. The van der Waals surface area contributed by atoms with E-state index in [0.29, 0.717) is 6.04 Å². The van der Waals surface area contributed by atoms with E-state index in [1.165, 1.54) is 31.5 Å². The van der Waals surface area contributed by atoms with Crippen molar-refractivity contribution in [2.24, 2.45) is 0 Å². The number of anilines is 2. The van der Waals surface area contributed by atoms with Crippen molar-refractivity contribution in [2.75, 3.05) is 10.6 Å². The Balaban J connectivity index is 1.72. The maximum absolute atomic E-state index is 12.9. The van der Waals surface area contributed by atoms with E-state index in [1.807, 2.05) is 0 Å². The summed E-state index contributed by atoms with van der Waals surface area (Å²) in [5, 5.41) is 5.42. The van der Waals surface area contributed by atoms with E-state index in [9.17, 15) is 18.0 Å². The molecule has 144 valence electrons. The highest BCUT2D eigenvalue weighted by Gasteiger charge is 2.33. The summed E-state index contributed by atoms with van der Waals surface area (Å²) in [5.74, 6) is -0.537. The van der Waals surface area contributed by atoms with Gasteiger partial charge in [0.1, 0.15) is 0 Å². The van der Waals surface area contributed by atoms with Crippen molar-refractivity contribution in [1.29, 1.82) is 0 Å². The number of benzene rings is 1. The molecule has 1 aromatic heterocycles. The number of aromatic nitrogens is 1. The normalized spacial score (nSPS) is 15.4. The van der Waals surface area contributed by atoms with Crippen molar-refractivity contribution in [2.45, 2.75) is 44.3 Å². The number of amides is 1. The van der Waals surface area contributed by atoms with Gasteiger partial charge >= 0.3 is 6.18 Å². The molecule has 27 heavy (non-hydrogen) atoms. The van der Waals surface area contributed by atoms with Gasteiger partial charge in [-0.05, 0) is 37.1 Å². The number of alkyl halides is 3. The summed E-state index contributed by atoms with van der Waals surface area (Å²) in [4.78, 5) is 16.5. The number of nitrogens with zero attached hydrogens (tertiary/aromatic N) is 1. The van der Waals surface area contributed by atoms with Gasteiger partial charge in [0.25, 0.3) is 5.91 Å². The van der Waals surface area contributed by atoms with Gasteiger partial charge in [-0.3, -0.25) is 9.78 Å². The molecular weight excluding hydrogens is 379 g/mol. The monoisotopic (exact) mass is 397 g/mol. The van der Waals surface area contributed by atoms with E-state index in [-0.39, 0.29) is 11.3 Å². The maximum Gasteiger partial charge on any atom is 0.417 e. The van der Waals surface area contributed by atoms with Crippen LogP contribution in [-0.4, -0.2) is 16.9 Å². The molecular formula is C19H19ClF3N3O. The average Bonchev–Trinajstić information content (AvgIpc) is 2.63. The molecule has 3 rings (SSSR count). The largest absolute Gasteiger partial charge is 0.417 e. The third-order valence-corrected chi connectivity index (χ3v) is 4.84. The third kappa shape index (κ3) is 5.13. The Morgan fingerprint density at radius 2 is 1.81 bits per heavy atom. The molecule has 1 aliphatic carbocycles. The predicted molar refractivity (Wildman–Crippen MR) is 99.1 cm³/mol. The molecule has 0 aliphatic heterocycles. The number of carbonyl (C=O) groups excluding carboxylic acids is 1. The highest BCUT2D eigenvalue weighted by molar-refractivity contribution is 6.31. The van der Waals surface area contributed by atoms with Gasteiger partial charge in [-0.2, -0.15) is 13.2 Å². The van der Waals surface area contributed by atoms with Crippen LogP contribution in [0.1, 0.15) is 48.0 Å². The second kappa shape index (κ2) is 8.17. The summed E-state index contributed by atoms with van der Waals surface area (Å²) in [6.07, 6.45) is 4.14. The molecule has 0 spiro atoms. The highest BCUT2D eigenvalue weighted by Crippen LogP contribution is 2.36.